The minimum atomic E-state index is 0.0982. The fraction of sp³-hybridized carbons (Fsp3) is 0.407. The topological polar surface area (TPSA) is 83.5 Å². The number of hydrogen-bond donors (Lipinski definition) is 1. The summed E-state index contributed by atoms with van der Waals surface area (Å²) in [5, 5.41) is 3.47. The third-order valence-corrected chi connectivity index (χ3v) is 6.66. The van der Waals surface area contributed by atoms with Crippen molar-refractivity contribution in [3.8, 4) is 11.3 Å². The van der Waals surface area contributed by atoms with E-state index in [9.17, 15) is 4.79 Å². The quantitative estimate of drug-likeness (QED) is 0.597. The molecule has 1 unspecified atom stereocenters. The maximum absolute atomic E-state index is 12.0. The first-order valence-electron chi connectivity index (χ1n) is 12.3. The second kappa shape index (κ2) is 10.4. The summed E-state index contributed by atoms with van der Waals surface area (Å²) in [4.78, 5) is 30.7. The monoisotopic (exact) mass is 472 g/mol. The molecule has 8 heteroatoms. The number of morpholine rings is 1. The fourth-order valence-corrected chi connectivity index (χ4v) is 4.77. The van der Waals surface area contributed by atoms with Gasteiger partial charge in [0.2, 0.25) is 5.91 Å². The highest BCUT2D eigenvalue weighted by Gasteiger charge is 2.26. The van der Waals surface area contributed by atoms with Gasteiger partial charge in [0.15, 0.2) is 0 Å². The lowest BCUT2D eigenvalue weighted by atomic mass is 9.97. The average Bonchev–Trinajstić information content (AvgIpc) is 2.89. The zero-order valence-corrected chi connectivity index (χ0v) is 20.4. The van der Waals surface area contributed by atoms with Crippen LogP contribution in [-0.2, 0) is 9.53 Å². The number of amides is 1. The van der Waals surface area contributed by atoms with Crippen molar-refractivity contribution in [1.29, 1.82) is 0 Å². The number of nitrogens with one attached hydrogen (secondary N) is 1. The summed E-state index contributed by atoms with van der Waals surface area (Å²) in [5.74, 6) is 1.71. The van der Waals surface area contributed by atoms with Crippen LogP contribution in [0.5, 0.6) is 0 Å². The molecule has 2 aromatic heterocycles. The third kappa shape index (κ3) is 5.59. The molecule has 2 aliphatic rings. The molecule has 0 radical (unpaired) electrons. The Labute approximate surface area is 206 Å². The van der Waals surface area contributed by atoms with Gasteiger partial charge in [0, 0.05) is 62.5 Å². The van der Waals surface area contributed by atoms with Crippen molar-refractivity contribution in [1.82, 2.24) is 19.9 Å². The maximum atomic E-state index is 12.0. The van der Waals surface area contributed by atoms with Gasteiger partial charge in [-0.15, -0.1) is 0 Å². The highest BCUT2D eigenvalue weighted by atomic mass is 16.5. The fourth-order valence-electron chi connectivity index (χ4n) is 4.77. The van der Waals surface area contributed by atoms with E-state index < -0.39 is 0 Å². The molecule has 1 atom stereocenters. The van der Waals surface area contributed by atoms with E-state index in [1.54, 1.807) is 6.92 Å². The van der Waals surface area contributed by atoms with E-state index in [0.29, 0.717) is 6.54 Å². The summed E-state index contributed by atoms with van der Waals surface area (Å²) in [6.45, 7) is 8.30. The molecule has 1 amide bonds. The molecule has 2 aliphatic heterocycles. The molecule has 0 saturated carbocycles. The number of piperidine rings is 1. The van der Waals surface area contributed by atoms with Crippen molar-refractivity contribution in [2.45, 2.75) is 32.6 Å². The summed E-state index contributed by atoms with van der Waals surface area (Å²) in [6, 6.07) is 12.4. The highest BCUT2D eigenvalue weighted by Crippen LogP contribution is 2.30. The number of nitrogens with zero attached hydrogens (tertiary/aromatic N) is 5. The number of anilines is 3. The summed E-state index contributed by atoms with van der Waals surface area (Å²) in [6.07, 6.45) is 5.67. The Balaban J connectivity index is 1.51. The lowest BCUT2D eigenvalue weighted by Crippen LogP contribution is -2.38. The van der Waals surface area contributed by atoms with Gasteiger partial charge in [-0.05, 0) is 43.5 Å². The van der Waals surface area contributed by atoms with Gasteiger partial charge in [-0.1, -0.05) is 12.1 Å². The van der Waals surface area contributed by atoms with Gasteiger partial charge in [-0.3, -0.25) is 9.78 Å². The molecular formula is C27H32N6O2. The van der Waals surface area contributed by atoms with Crippen LogP contribution >= 0.6 is 0 Å². The second-order valence-corrected chi connectivity index (χ2v) is 9.33. The zero-order chi connectivity index (χ0) is 24.2. The molecule has 2 saturated heterocycles. The Morgan fingerprint density at radius 3 is 2.74 bits per heavy atom. The predicted octanol–water partition coefficient (Wildman–Crippen LogP) is 4.15. The molecule has 1 N–H and O–H groups in total. The highest BCUT2D eigenvalue weighted by molar-refractivity contribution is 5.73. The summed E-state index contributed by atoms with van der Waals surface area (Å²) < 4.78 is 5.51. The number of benzene rings is 1. The van der Waals surface area contributed by atoms with Gasteiger partial charge in [0.25, 0.3) is 0 Å². The summed E-state index contributed by atoms with van der Waals surface area (Å²) >= 11 is 0. The number of carbonyl (C=O) groups excluding carboxylic acids is 1. The van der Waals surface area contributed by atoms with E-state index >= 15 is 0 Å². The maximum Gasteiger partial charge on any atom is 0.219 e. The van der Waals surface area contributed by atoms with Gasteiger partial charge >= 0.3 is 0 Å². The molecule has 0 spiro atoms. The van der Waals surface area contributed by atoms with E-state index in [1.807, 2.05) is 35.5 Å². The second-order valence-electron chi connectivity index (χ2n) is 9.33. The molecule has 182 valence electrons. The van der Waals surface area contributed by atoms with Gasteiger partial charge in [-0.25, -0.2) is 9.97 Å². The largest absolute Gasteiger partial charge is 0.378 e. The first-order chi connectivity index (χ1) is 17.0. The van der Waals surface area contributed by atoms with Crippen LogP contribution in [-0.4, -0.2) is 65.2 Å². The Hall–Kier alpha value is -3.52. The van der Waals surface area contributed by atoms with Crippen LogP contribution < -0.4 is 10.2 Å². The minimum absolute atomic E-state index is 0.0982. The van der Waals surface area contributed by atoms with Crippen LogP contribution in [0.2, 0.25) is 0 Å². The zero-order valence-electron chi connectivity index (χ0n) is 20.4. The molecule has 5 rings (SSSR count). The average molecular weight is 473 g/mol. The van der Waals surface area contributed by atoms with Crippen LogP contribution in [0.15, 0.2) is 48.8 Å². The number of ether oxygens (including phenoxy) is 1. The molecule has 4 heterocycles. The van der Waals surface area contributed by atoms with E-state index in [0.717, 1.165) is 80.0 Å². The normalized spacial score (nSPS) is 18.4. The number of pyridine rings is 1. The first kappa shape index (κ1) is 23.2. The Kier molecular flexibility index (Phi) is 6.90. The van der Waals surface area contributed by atoms with Crippen molar-refractivity contribution in [3.63, 3.8) is 0 Å². The molecule has 0 aliphatic carbocycles. The molecule has 2 fully saturated rings. The van der Waals surface area contributed by atoms with Crippen LogP contribution in [0.4, 0.5) is 17.2 Å². The van der Waals surface area contributed by atoms with E-state index in [4.69, 9.17) is 14.7 Å². The van der Waals surface area contributed by atoms with Crippen molar-refractivity contribution < 1.29 is 9.53 Å². The Morgan fingerprint density at radius 1 is 1.09 bits per heavy atom. The van der Waals surface area contributed by atoms with Crippen LogP contribution in [0, 0.1) is 6.92 Å². The number of aromatic nitrogens is 3. The van der Waals surface area contributed by atoms with Crippen LogP contribution in [0.1, 0.15) is 37.1 Å². The van der Waals surface area contributed by atoms with Crippen molar-refractivity contribution in [2.24, 2.45) is 0 Å². The molecular weight excluding hydrogens is 440 g/mol. The smallest absolute Gasteiger partial charge is 0.219 e. The van der Waals surface area contributed by atoms with Gasteiger partial charge in [0.05, 0.1) is 30.8 Å². The molecule has 0 bridgehead atoms. The van der Waals surface area contributed by atoms with Gasteiger partial charge in [0.1, 0.15) is 11.6 Å². The van der Waals surface area contributed by atoms with Gasteiger partial charge < -0.3 is 19.9 Å². The number of aryl methyl sites for hydroxylation is 1. The standard InChI is InChI=1S/C27H32N6O2/c1-19-5-3-7-23(13-19)29-26-15-25(22-14-24(17-28-16-22)32-9-11-35-12-10-32)30-27(31-26)21-6-4-8-33(18-21)20(2)34/h3,5,7,13-17,21H,4,6,8-12,18H2,1-2H3,(H,29,30,31). The summed E-state index contributed by atoms with van der Waals surface area (Å²) in [7, 11) is 0. The predicted molar refractivity (Wildman–Crippen MR) is 137 cm³/mol. The molecule has 1 aromatic carbocycles. The number of hydrogen-bond acceptors (Lipinski definition) is 7. The molecule has 3 aromatic rings. The summed E-state index contributed by atoms with van der Waals surface area (Å²) in [5.41, 5.74) is 5.00. The minimum Gasteiger partial charge on any atom is -0.378 e. The number of rotatable bonds is 5. The van der Waals surface area contributed by atoms with Crippen molar-refractivity contribution >= 4 is 23.1 Å². The number of carbonyl (C=O) groups is 1. The lowest BCUT2D eigenvalue weighted by Gasteiger charge is -2.31. The first-order valence-corrected chi connectivity index (χ1v) is 12.3. The van der Waals surface area contributed by atoms with Gasteiger partial charge in [-0.2, -0.15) is 0 Å². The van der Waals surface area contributed by atoms with E-state index in [-0.39, 0.29) is 11.8 Å². The van der Waals surface area contributed by atoms with E-state index in [1.165, 1.54) is 5.56 Å². The van der Waals surface area contributed by atoms with Crippen LogP contribution in [0.3, 0.4) is 0 Å². The molecule has 35 heavy (non-hydrogen) atoms. The molecule has 8 nitrogen and oxygen atoms in total. The van der Waals surface area contributed by atoms with Crippen molar-refractivity contribution in [2.75, 3.05) is 49.6 Å². The van der Waals surface area contributed by atoms with Crippen LogP contribution in [0.25, 0.3) is 11.3 Å². The number of likely N-dealkylation sites (tertiary alicyclic amines) is 1. The Morgan fingerprint density at radius 2 is 1.94 bits per heavy atom. The SMILES string of the molecule is CC(=O)N1CCCC(c2nc(Nc3cccc(C)c3)cc(-c3cncc(N4CCOCC4)c3)n2)C1. The van der Waals surface area contributed by atoms with E-state index in [2.05, 4.69) is 40.3 Å². The van der Waals surface area contributed by atoms with Crippen molar-refractivity contribution in [3.05, 3.63) is 60.2 Å². The Bertz CT molecular complexity index is 1190. The lowest BCUT2D eigenvalue weighted by molar-refractivity contribution is -0.130. The third-order valence-electron chi connectivity index (χ3n) is 6.66.